The summed E-state index contributed by atoms with van der Waals surface area (Å²) in [6.07, 6.45) is 3.36. The molecule has 0 fully saturated rings. The van der Waals surface area contributed by atoms with Crippen molar-refractivity contribution in [2.24, 2.45) is 0 Å². The lowest BCUT2D eigenvalue weighted by molar-refractivity contribution is 0.146. The van der Waals surface area contributed by atoms with Gasteiger partial charge in [-0.2, -0.15) is 0 Å². The molecule has 17 heavy (non-hydrogen) atoms. The van der Waals surface area contributed by atoms with Crippen LogP contribution in [0.15, 0.2) is 0 Å². The van der Waals surface area contributed by atoms with Crippen LogP contribution in [-0.2, 0) is 21.8 Å². The van der Waals surface area contributed by atoms with E-state index in [0.717, 1.165) is 26.3 Å². The third kappa shape index (κ3) is 9.84. The number of hydrogen-bond acceptors (Lipinski definition) is 4. The average molecular weight is 283 g/mol. The fourth-order valence-electron chi connectivity index (χ4n) is 1.31. The summed E-state index contributed by atoms with van der Waals surface area (Å²) in [7, 11) is -1.71. The van der Waals surface area contributed by atoms with E-state index in [2.05, 4.69) is 28.4 Å². The highest BCUT2D eigenvalue weighted by Gasteiger charge is 2.09. The van der Waals surface area contributed by atoms with Gasteiger partial charge in [-0.15, -0.1) is 0 Å². The second-order valence-electron chi connectivity index (χ2n) is 3.87. The van der Waals surface area contributed by atoms with Gasteiger partial charge in [-0.3, -0.25) is 14.0 Å². The van der Waals surface area contributed by atoms with E-state index in [9.17, 15) is 8.42 Å². The summed E-state index contributed by atoms with van der Waals surface area (Å²) in [6.45, 7) is 8.27. The number of rotatable bonds is 10. The monoisotopic (exact) mass is 283 g/mol. The number of nitrogens with one attached hydrogen (secondary N) is 1. The lowest BCUT2D eigenvalue weighted by atomic mass is 10.5. The van der Waals surface area contributed by atoms with Gasteiger partial charge in [0.1, 0.15) is 0 Å². The molecule has 0 spiro atoms. The maximum Gasteiger partial charge on any atom is 0.0895 e. The zero-order chi connectivity index (χ0) is 13.3. The van der Waals surface area contributed by atoms with Crippen molar-refractivity contribution in [2.75, 3.05) is 51.2 Å². The molecule has 0 aliphatic rings. The molecule has 5 nitrogen and oxygen atoms in total. The van der Waals surface area contributed by atoms with Crippen molar-refractivity contribution in [1.82, 2.24) is 14.5 Å². The summed E-state index contributed by atoms with van der Waals surface area (Å²) in [6, 6.07) is 0. The zero-order valence-corrected chi connectivity index (χ0v) is 12.9. The Hall–Kier alpha value is 0.180. The first kappa shape index (κ1) is 17.2. The van der Waals surface area contributed by atoms with E-state index < -0.39 is 21.8 Å². The van der Waals surface area contributed by atoms with Crippen LogP contribution in [0.1, 0.15) is 13.8 Å². The molecule has 0 saturated carbocycles. The standard InChI is InChI=1S/C10H25N3O2S2/c1-5-12(7-8-16(3)14)10-13(6-2)9-11-17(4)15/h11H,5-10H2,1-4H3. The molecule has 0 amide bonds. The Labute approximate surface area is 110 Å². The average Bonchev–Trinajstić information content (AvgIpc) is 2.27. The molecule has 2 atom stereocenters. The van der Waals surface area contributed by atoms with Crippen LogP contribution in [0, 0.1) is 0 Å². The van der Waals surface area contributed by atoms with E-state index >= 15 is 0 Å². The second-order valence-corrected chi connectivity index (χ2v) is 6.62. The largest absolute Gasteiger partial charge is 0.290 e. The Morgan fingerprint density at radius 1 is 1.06 bits per heavy atom. The van der Waals surface area contributed by atoms with Crippen LogP contribution in [0.2, 0.25) is 0 Å². The molecule has 0 aliphatic heterocycles. The van der Waals surface area contributed by atoms with Crippen LogP contribution in [0.5, 0.6) is 0 Å². The summed E-state index contributed by atoms with van der Waals surface area (Å²) in [4.78, 5) is 4.41. The number of nitrogens with zero attached hydrogens (tertiary/aromatic N) is 2. The second kappa shape index (κ2) is 10.1. The van der Waals surface area contributed by atoms with Crippen LogP contribution in [-0.4, -0.2) is 69.5 Å². The first-order valence-corrected chi connectivity index (χ1v) is 9.09. The normalized spacial score (nSPS) is 15.4. The van der Waals surface area contributed by atoms with Crippen molar-refractivity contribution in [1.29, 1.82) is 0 Å². The molecule has 0 saturated heterocycles. The van der Waals surface area contributed by atoms with Gasteiger partial charge in [0.2, 0.25) is 0 Å². The van der Waals surface area contributed by atoms with Crippen molar-refractivity contribution in [3.8, 4) is 0 Å². The Morgan fingerprint density at radius 2 is 1.65 bits per heavy atom. The molecule has 104 valence electrons. The van der Waals surface area contributed by atoms with Gasteiger partial charge in [0.25, 0.3) is 0 Å². The van der Waals surface area contributed by atoms with Crippen molar-refractivity contribution in [3.05, 3.63) is 0 Å². The van der Waals surface area contributed by atoms with Crippen molar-refractivity contribution in [2.45, 2.75) is 13.8 Å². The van der Waals surface area contributed by atoms with Crippen LogP contribution in [0.4, 0.5) is 0 Å². The molecule has 0 radical (unpaired) electrons. The summed E-state index contributed by atoms with van der Waals surface area (Å²) >= 11 is 0. The van der Waals surface area contributed by atoms with Crippen LogP contribution >= 0.6 is 0 Å². The van der Waals surface area contributed by atoms with Gasteiger partial charge >= 0.3 is 0 Å². The molecule has 0 aliphatic carbocycles. The molecular weight excluding hydrogens is 258 g/mol. The molecule has 0 aromatic rings. The maximum atomic E-state index is 11.1. The van der Waals surface area contributed by atoms with E-state index in [1.54, 1.807) is 12.5 Å². The van der Waals surface area contributed by atoms with E-state index in [0.29, 0.717) is 12.4 Å². The zero-order valence-electron chi connectivity index (χ0n) is 11.3. The van der Waals surface area contributed by atoms with E-state index in [1.807, 2.05) is 0 Å². The van der Waals surface area contributed by atoms with Crippen LogP contribution in [0.3, 0.4) is 0 Å². The topological polar surface area (TPSA) is 52.7 Å². The first-order valence-electron chi connectivity index (χ1n) is 5.81. The molecule has 7 heteroatoms. The minimum absolute atomic E-state index is 0.616. The van der Waals surface area contributed by atoms with Gasteiger partial charge < -0.3 is 0 Å². The SMILES string of the molecule is CCN(CCS(C)=O)CN(CC)CNS(C)=O. The van der Waals surface area contributed by atoms with Gasteiger partial charge in [-0.25, -0.2) is 8.93 Å². The summed E-state index contributed by atoms with van der Waals surface area (Å²) < 4.78 is 24.9. The van der Waals surface area contributed by atoms with Gasteiger partial charge in [-0.1, -0.05) is 13.8 Å². The molecule has 0 aromatic carbocycles. The van der Waals surface area contributed by atoms with Gasteiger partial charge in [0.05, 0.1) is 24.3 Å². The van der Waals surface area contributed by atoms with Crippen molar-refractivity contribution in [3.63, 3.8) is 0 Å². The lowest BCUT2D eigenvalue weighted by Crippen LogP contribution is -2.43. The minimum atomic E-state index is -0.974. The predicted octanol–water partition coefficient (Wildman–Crippen LogP) is -0.193. The van der Waals surface area contributed by atoms with Crippen LogP contribution in [0.25, 0.3) is 0 Å². The smallest absolute Gasteiger partial charge is 0.0895 e. The summed E-state index contributed by atoms with van der Waals surface area (Å²) in [5, 5.41) is 0. The third-order valence-electron chi connectivity index (χ3n) is 2.48. The Kier molecular flexibility index (Phi) is 10.2. The summed E-state index contributed by atoms with van der Waals surface area (Å²) in [5.74, 6) is 0.707. The van der Waals surface area contributed by atoms with E-state index in [-0.39, 0.29) is 0 Å². The number of hydrogen-bond donors (Lipinski definition) is 1. The molecule has 0 rings (SSSR count). The molecule has 0 heterocycles. The molecular formula is C10H25N3O2S2. The molecule has 2 unspecified atom stereocenters. The molecule has 1 N–H and O–H groups in total. The fraction of sp³-hybridized carbons (Fsp3) is 1.00. The first-order chi connectivity index (χ1) is 7.99. The van der Waals surface area contributed by atoms with E-state index in [4.69, 9.17) is 0 Å². The molecule has 0 bridgehead atoms. The fourth-order valence-corrected chi connectivity index (χ4v) is 2.19. The van der Waals surface area contributed by atoms with Gasteiger partial charge in [-0.05, 0) is 13.1 Å². The highest BCUT2D eigenvalue weighted by atomic mass is 32.2. The van der Waals surface area contributed by atoms with Crippen molar-refractivity contribution >= 4 is 21.8 Å². The Balaban J connectivity index is 4.02. The minimum Gasteiger partial charge on any atom is -0.290 e. The summed E-state index contributed by atoms with van der Waals surface area (Å²) in [5.41, 5.74) is 0. The maximum absolute atomic E-state index is 11.1. The highest BCUT2D eigenvalue weighted by Crippen LogP contribution is 1.94. The lowest BCUT2D eigenvalue weighted by Gasteiger charge is -2.28. The quantitative estimate of drug-likeness (QED) is 0.565. The van der Waals surface area contributed by atoms with Gasteiger partial charge in [0.15, 0.2) is 0 Å². The van der Waals surface area contributed by atoms with Crippen LogP contribution < -0.4 is 4.72 Å². The third-order valence-corrected chi connectivity index (χ3v) is 3.77. The Bertz CT molecular complexity index is 228. The highest BCUT2D eigenvalue weighted by molar-refractivity contribution is 7.84. The van der Waals surface area contributed by atoms with E-state index in [1.165, 1.54) is 0 Å². The molecule has 0 aromatic heterocycles. The predicted molar refractivity (Wildman–Crippen MR) is 75.5 cm³/mol. The van der Waals surface area contributed by atoms with Gasteiger partial charge in [0, 0.05) is 35.6 Å². The van der Waals surface area contributed by atoms with Crippen molar-refractivity contribution < 1.29 is 8.42 Å². The Morgan fingerprint density at radius 3 is 2.06 bits per heavy atom.